The first-order valence-corrected chi connectivity index (χ1v) is 12.8. The highest BCUT2D eigenvalue weighted by atomic mass is 32.2. The number of nitrogens with one attached hydrogen (secondary N) is 3. The fourth-order valence-corrected chi connectivity index (χ4v) is 4.95. The lowest BCUT2D eigenvalue weighted by Gasteiger charge is -2.11. The lowest BCUT2D eigenvalue weighted by Crippen LogP contribution is -2.07. The van der Waals surface area contributed by atoms with E-state index >= 15 is 0 Å². The van der Waals surface area contributed by atoms with E-state index in [9.17, 15) is 5.11 Å². The average molecular weight is 510 g/mol. The first-order chi connectivity index (χ1) is 18.0. The molecule has 0 amide bonds. The maximum Gasteiger partial charge on any atom is 0.233 e. The SMILES string of the molecule is CNc1nc(Nc2ccc(SCc3ccc(O)c4ncccc34)cc2)nc(Nc2cc(C)cc(C)c2)n1. The van der Waals surface area contributed by atoms with Gasteiger partial charge in [-0.2, -0.15) is 15.0 Å². The second-order valence-electron chi connectivity index (χ2n) is 8.64. The van der Waals surface area contributed by atoms with Gasteiger partial charge in [0, 0.05) is 40.7 Å². The van der Waals surface area contributed by atoms with Gasteiger partial charge in [-0.05, 0) is 79.1 Å². The summed E-state index contributed by atoms with van der Waals surface area (Å²) >= 11 is 1.72. The summed E-state index contributed by atoms with van der Waals surface area (Å²) in [7, 11) is 1.78. The molecule has 0 spiro atoms. The first kappa shape index (κ1) is 24.3. The summed E-state index contributed by atoms with van der Waals surface area (Å²) in [6, 6.07) is 21.9. The molecule has 186 valence electrons. The molecule has 0 bridgehead atoms. The van der Waals surface area contributed by atoms with Crippen LogP contribution in [0.25, 0.3) is 10.9 Å². The van der Waals surface area contributed by atoms with Crippen LogP contribution in [0.15, 0.2) is 77.8 Å². The molecular formula is C28H27N7OS. The summed E-state index contributed by atoms with van der Waals surface area (Å²) in [4.78, 5) is 18.9. The third-order valence-corrected chi connectivity index (χ3v) is 6.74. The monoisotopic (exact) mass is 509 g/mol. The average Bonchev–Trinajstić information content (AvgIpc) is 2.88. The number of aryl methyl sites for hydroxylation is 2. The van der Waals surface area contributed by atoms with Gasteiger partial charge in [0.1, 0.15) is 11.3 Å². The number of aromatic hydroxyl groups is 1. The zero-order chi connectivity index (χ0) is 25.8. The largest absolute Gasteiger partial charge is 0.506 e. The van der Waals surface area contributed by atoms with Crippen molar-refractivity contribution in [3.63, 3.8) is 0 Å². The van der Waals surface area contributed by atoms with Crippen molar-refractivity contribution >= 4 is 51.9 Å². The normalized spacial score (nSPS) is 10.9. The van der Waals surface area contributed by atoms with Gasteiger partial charge in [-0.3, -0.25) is 4.98 Å². The van der Waals surface area contributed by atoms with Crippen LogP contribution in [0.5, 0.6) is 5.75 Å². The van der Waals surface area contributed by atoms with Crippen molar-refractivity contribution in [2.75, 3.05) is 23.0 Å². The Kier molecular flexibility index (Phi) is 7.04. The number of phenols is 1. The van der Waals surface area contributed by atoms with Gasteiger partial charge in [0.05, 0.1) is 0 Å². The molecule has 0 aliphatic rings. The molecule has 0 aliphatic heterocycles. The number of fused-ring (bicyclic) bond motifs is 1. The number of benzene rings is 3. The number of phenolic OH excluding ortho intramolecular Hbond substituents is 1. The van der Waals surface area contributed by atoms with Gasteiger partial charge < -0.3 is 21.1 Å². The van der Waals surface area contributed by atoms with Gasteiger partial charge in [0.2, 0.25) is 17.8 Å². The molecular weight excluding hydrogens is 482 g/mol. The molecule has 9 heteroatoms. The van der Waals surface area contributed by atoms with Gasteiger partial charge >= 0.3 is 0 Å². The van der Waals surface area contributed by atoms with Crippen LogP contribution in [0.1, 0.15) is 16.7 Å². The highest BCUT2D eigenvalue weighted by Gasteiger charge is 2.09. The van der Waals surface area contributed by atoms with Crippen LogP contribution >= 0.6 is 11.8 Å². The van der Waals surface area contributed by atoms with Gasteiger partial charge in [0.25, 0.3) is 0 Å². The molecule has 5 rings (SSSR count). The van der Waals surface area contributed by atoms with Crippen LogP contribution in [-0.4, -0.2) is 32.1 Å². The molecule has 0 aliphatic carbocycles. The highest BCUT2D eigenvalue weighted by Crippen LogP contribution is 2.31. The Hall–Kier alpha value is -4.37. The standard InChI is InChI=1S/C28H27N7OS/c1-17-13-18(2)15-21(14-17)32-28-34-26(29-3)33-27(35-28)31-20-7-9-22(10-8-20)37-16-19-6-11-24(36)25-23(19)5-4-12-30-25/h4-15,36H,16H2,1-3H3,(H3,29,31,32,33,34,35). The predicted octanol–water partition coefficient (Wildman–Crippen LogP) is 6.56. The maximum absolute atomic E-state index is 10.1. The van der Waals surface area contributed by atoms with Crippen molar-refractivity contribution in [3.8, 4) is 5.75 Å². The van der Waals surface area contributed by atoms with Crippen LogP contribution < -0.4 is 16.0 Å². The van der Waals surface area contributed by atoms with Crippen molar-refractivity contribution in [1.82, 2.24) is 19.9 Å². The minimum atomic E-state index is 0.201. The molecule has 3 aromatic carbocycles. The molecule has 5 aromatic rings. The molecule has 0 saturated carbocycles. The summed E-state index contributed by atoms with van der Waals surface area (Å²) in [5.74, 6) is 2.32. The zero-order valence-electron chi connectivity index (χ0n) is 20.8. The summed E-state index contributed by atoms with van der Waals surface area (Å²) in [5, 5.41) is 20.6. The van der Waals surface area contributed by atoms with E-state index in [1.165, 1.54) is 0 Å². The van der Waals surface area contributed by atoms with E-state index in [4.69, 9.17) is 0 Å². The minimum absolute atomic E-state index is 0.201. The number of thioether (sulfide) groups is 1. The molecule has 37 heavy (non-hydrogen) atoms. The molecule has 0 saturated heterocycles. The lowest BCUT2D eigenvalue weighted by atomic mass is 10.1. The van der Waals surface area contributed by atoms with E-state index in [1.54, 1.807) is 31.1 Å². The number of aromatic nitrogens is 4. The molecule has 2 aromatic heterocycles. The predicted molar refractivity (Wildman–Crippen MR) is 151 cm³/mol. The maximum atomic E-state index is 10.1. The van der Waals surface area contributed by atoms with E-state index in [0.29, 0.717) is 23.4 Å². The molecule has 8 nitrogen and oxygen atoms in total. The summed E-state index contributed by atoms with van der Waals surface area (Å²) in [6.45, 7) is 4.12. The third kappa shape index (κ3) is 5.90. The smallest absolute Gasteiger partial charge is 0.233 e. The Balaban J connectivity index is 1.28. The van der Waals surface area contributed by atoms with E-state index in [1.807, 2.05) is 30.3 Å². The van der Waals surface area contributed by atoms with Crippen molar-refractivity contribution in [2.24, 2.45) is 0 Å². The van der Waals surface area contributed by atoms with Crippen LogP contribution in [0, 0.1) is 13.8 Å². The number of hydrogen-bond donors (Lipinski definition) is 4. The third-order valence-electron chi connectivity index (χ3n) is 5.68. The fourth-order valence-electron chi connectivity index (χ4n) is 4.04. The second kappa shape index (κ2) is 10.7. The van der Waals surface area contributed by atoms with Gasteiger partial charge in [-0.1, -0.05) is 18.2 Å². The van der Waals surface area contributed by atoms with Crippen molar-refractivity contribution in [3.05, 3.63) is 89.6 Å². The fraction of sp³-hybridized carbons (Fsp3) is 0.143. The molecule has 0 fully saturated rings. The first-order valence-electron chi connectivity index (χ1n) is 11.8. The zero-order valence-corrected chi connectivity index (χ0v) is 21.6. The van der Waals surface area contributed by atoms with Crippen molar-refractivity contribution < 1.29 is 5.11 Å². The van der Waals surface area contributed by atoms with E-state index < -0.39 is 0 Å². The number of hydrogen-bond acceptors (Lipinski definition) is 9. The van der Waals surface area contributed by atoms with E-state index in [-0.39, 0.29) is 5.75 Å². The van der Waals surface area contributed by atoms with Gasteiger partial charge in [-0.15, -0.1) is 11.8 Å². The Morgan fingerprint density at radius 1 is 0.784 bits per heavy atom. The summed E-state index contributed by atoms with van der Waals surface area (Å²) < 4.78 is 0. The van der Waals surface area contributed by atoms with Crippen molar-refractivity contribution in [2.45, 2.75) is 24.5 Å². The molecule has 2 heterocycles. The topological polar surface area (TPSA) is 108 Å². The summed E-state index contributed by atoms with van der Waals surface area (Å²) in [5.41, 5.74) is 5.88. The number of rotatable bonds is 8. The van der Waals surface area contributed by atoms with Gasteiger partial charge in [-0.25, -0.2) is 0 Å². The van der Waals surface area contributed by atoms with Crippen molar-refractivity contribution in [1.29, 1.82) is 0 Å². The van der Waals surface area contributed by atoms with Crippen LogP contribution in [0.3, 0.4) is 0 Å². The Morgan fingerprint density at radius 2 is 1.46 bits per heavy atom. The quantitative estimate of drug-likeness (QED) is 0.173. The Labute approximate surface area is 219 Å². The lowest BCUT2D eigenvalue weighted by molar-refractivity contribution is 0.480. The minimum Gasteiger partial charge on any atom is -0.506 e. The van der Waals surface area contributed by atoms with E-state index in [0.717, 1.165) is 44.1 Å². The number of anilines is 5. The molecule has 0 radical (unpaired) electrons. The Bertz CT molecular complexity index is 1540. The molecule has 4 N–H and O–H groups in total. The molecule has 0 atom stereocenters. The van der Waals surface area contributed by atoms with Crippen LogP contribution in [0.4, 0.5) is 29.2 Å². The number of pyridine rings is 1. The highest BCUT2D eigenvalue weighted by molar-refractivity contribution is 7.98. The summed E-state index contributed by atoms with van der Waals surface area (Å²) in [6.07, 6.45) is 1.69. The van der Waals surface area contributed by atoms with Crippen LogP contribution in [-0.2, 0) is 5.75 Å². The number of nitrogens with zero attached hydrogens (tertiary/aromatic N) is 4. The van der Waals surface area contributed by atoms with Gasteiger partial charge in [0.15, 0.2) is 0 Å². The molecule has 0 unspecified atom stereocenters. The Morgan fingerprint density at radius 3 is 2.16 bits per heavy atom. The van der Waals surface area contributed by atoms with E-state index in [2.05, 4.69) is 80.1 Å². The second-order valence-corrected chi connectivity index (χ2v) is 9.69. The van der Waals surface area contributed by atoms with Crippen LogP contribution in [0.2, 0.25) is 0 Å².